The summed E-state index contributed by atoms with van der Waals surface area (Å²) in [5, 5.41) is 11.4. The van der Waals surface area contributed by atoms with Crippen molar-refractivity contribution < 1.29 is 0 Å². The lowest BCUT2D eigenvalue weighted by Crippen LogP contribution is -2.33. The predicted molar refractivity (Wildman–Crippen MR) is 64.1 cm³/mol. The molecule has 16 heavy (non-hydrogen) atoms. The second-order valence-corrected chi connectivity index (χ2v) is 4.68. The van der Waals surface area contributed by atoms with Crippen LogP contribution in [0.3, 0.4) is 0 Å². The molecule has 0 aliphatic heterocycles. The Kier molecular flexibility index (Phi) is 4.34. The summed E-state index contributed by atoms with van der Waals surface area (Å²) in [4.78, 5) is 0. The van der Waals surface area contributed by atoms with Crippen LogP contribution in [0.5, 0.6) is 0 Å². The summed E-state index contributed by atoms with van der Waals surface area (Å²) in [6.07, 6.45) is 10.3. The second kappa shape index (κ2) is 5.99. The van der Waals surface area contributed by atoms with Gasteiger partial charge in [0.25, 0.3) is 0 Å². The van der Waals surface area contributed by atoms with Gasteiger partial charge in [-0.15, -0.1) is 5.10 Å². The maximum atomic E-state index is 3.96. The Labute approximate surface area is 97.4 Å². The minimum absolute atomic E-state index is 0.765. The third-order valence-corrected chi connectivity index (χ3v) is 3.63. The van der Waals surface area contributed by atoms with E-state index in [1.807, 2.05) is 10.9 Å². The first-order valence-electron chi connectivity index (χ1n) is 6.47. The molecule has 1 saturated carbocycles. The first-order valence-corrected chi connectivity index (χ1v) is 6.47. The summed E-state index contributed by atoms with van der Waals surface area (Å²) < 4.78 is 1.90. The zero-order chi connectivity index (χ0) is 11.2. The van der Waals surface area contributed by atoms with Crippen molar-refractivity contribution >= 4 is 0 Å². The molecule has 4 heteroatoms. The van der Waals surface area contributed by atoms with Crippen LogP contribution in [0.1, 0.15) is 39.0 Å². The lowest BCUT2D eigenvalue weighted by Gasteiger charge is -2.19. The molecule has 1 aliphatic rings. The van der Waals surface area contributed by atoms with Crippen molar-refractivity contribution in [2.45, 2.75) is 51.6 Å². The first-order chi connectivity index (χ1) is 7.90. The second-order valence-electron chi connectivity index (χ2n) is 4.68. The van der Waals surface area contributed by atoms with Gasteiger partial charge in [0.2, 0.25) is 0 Å². The van der Waals surface area contributed by atoms with Crippen LogP contribution >= 0.6 is 0 Å². The quantitative estimate of drug-likeness (QED) is 0.747. The number of rotatable bonds is 6. The van der Waals surface area contributed by atoms with Crippen LogP contribution in [0.4, 0.5) is 0 Å². The Hall–Kier alpha value is -0.900. The summed E-state index contributed by atoms with van der Waals surface area (Å²) >= 11 is 0. The molecule has 0 saturated heterocycles. The lowest BCUT2D eigenvalue weighted by molar-refractivity contribution is 0.382. The fraction of sp³-hybridized carbons (Fsp3) is 0.833. The van der Waals surface area contributed by atoms with Gasteiger partial charge in [-0.05, 0) is 31.7 Å². The molecular formula is C12H22N4. The molecule has 2 unspecified atom stereocenters. The average molecular weight is 222 g/mol. The van der Waals surface area contributed by atoms with Crippen LogP contribution < -0.4 is 5.32 Å². The van der Waals surface area contributed by atoms with Gasteiger partial charge in [0.1, 0.15) is 0 Å². The molecule has 90 valence electrons. The predicted octanol–water partition coefficient (Wildman–Crippen LogP) is 1.84. The van der Waals surface area contributed by atoms with E-state index in [1.165, 1.54) is 25.7 Å². The minimum atomic E-state index is 0.765. The first kappa shape index (κ1) is 11.6. The highest BCUT2D eigenvalue weighted by molar-refractivity contribution is 4.82. The molecule has 1 aromatic heterocycles. The topological polar surface area (TPSA) is 42.7 Å². The van der Waals surface area contributed by atoms with E-state index in [0.717, 1.165) is 31.5 Å². The lowest BCUT2D eigenvalue weighted by atomic mass is 10.0. The van der Waals surface area contributed by atoms with Crippen LogP contribution in [-0.2, 0) is 6.54 Å². The molecule has 0 radical (unpaired) electrons. The highest BCUT2D eigenvalue weighted by atomic mass is 15.4. The fourth-order valence-electron chi connectivity index (χ4n) is 2.67. The number of aryl methyl sites for hydroxylation is 1. The molecule has 0 bridgehead atoms. The minimum Gasteiger partial charge on any atom is -0.314 e. The van der Waals surface area contributed by atoms with Gasteiger partial charge in [-0.25, -0.2) is 0 Å². The normalized spacial score (nSPS) is 25.1. The molecule has 1 heterocycles. The third kappa shape index (κ3) is 3.04. The van der Waals surface area contributed by atoms with Gasteiger partial charge < -0.3 is 5.32 Å². The van der Waals surface area contributed by atoms with Crippen molar-refractivity contribution in [3.05, 3.63) is 12.4 Å². The van der Waals surface area contributed by atoms with E-state index < -0.39 is 0 Å². The van der Waals surface area contributed by atoms with Crippen LogP contribution in [0.2, 0.25) is 0 Å². The maximum Gasteiger partial charge on any atom is 0.0692 e. The number of hydrogen-bond donors (Lipinski definition) is 1. The SMILES string of the molecule is CCC1CCCC1NCCCn1ccnn1. The van der Waals surface area contributed by atoms with E-state index in [-0.39, 0.29) is 0 Å². The van der Waals surface area contributed by atoms with E-state index in [1.54, 1.807) is 6.20 Å². The molecule has 0 amide bonds. The van der Waals surface area contributed by atoms with Crippen LogP contribution in [-0.4, -0.2) is 27.6 Å². The largest absolute Gasteiger partial charge is 0.314 e. The molecule has 2 atom stereocenters. The molecule has 2 rings (SSSR count). The number of aromatic nitrogens is 3. The van der Waals surface area contributed by atoms with E-state index in [4.69, 9.17) is 0 Å². The zero-order valence-electron chi connectivity index (χ0n) is 10.1. The number of nitrogens with zero attached hydrogens (tertiary/aromatic N) is 3. The van der Waals surface area contributed by atoms with Crippen molar-refractivity contribution in [3.8, 4) is 0 Å². The Balaban J connectivity index is 1.61. The van der Waals surface area contributed by atoms with E-state index in [2.05, 4.69) is 22.6 Å². The Morgan fingerprint density at radius 2 is 2.38 bits per heavy atom. The van der Waals surface area contributed by atoms with E-state index in [0.29, 0.717) is 0 Å². The molecule has 1 fully saturated rings. The Bertz CT molecular complexity index is 283. The van der Waals surface area contributed by atoms with Crippen molar-refractivity contribution in [1.82, 2.24) is 20.3 Å². The van der Waals surface area contributed by atoms with Crippen molar-refractivity contribution in [3.63, 3.8) is 0 Å². The number of hydrogen-bond acceptors (Lipinski definition) is 3. The van der Waals surface area contributed by atoms with Gasteiger partial charge in [0, 0.05) is 18.8 Å². The van der Waals surface area contributed by atoms with E-state index in [9.17, 15) is 0 Å². The zero-order valence-corrected chi connectivity index (χ0v) is 10.1. The molecular weight excluding hydrogens is 200 g/mol. The molecule has 1 aliphatic carbocycles. The molecule has 0 spiro atoms. The third-order valence-electron chi connectivity index (χ3n) is 3.63. The van der Waals surface area contributed by atoms with Crippen molar-refractivity contribution in [2.24, 2.45) is 5.92 Å². The van der Waals surface area contributed by atoms with Crippen molar-refractivity contribution in [2.75, 3.05) is 6.54 Å². The highest BCUT2D eigenvalue weighted by Crippen LogP contribution is 2.27. The summed E-state index contributed by atoms with van der Waals surface area (Å²) in [7, 11) is 0. The van der Waals surface area contributed by atoms with Gasteiger partial charge in [0.15, 0.2) is 0 Å². The fourth-order valence-corrected chi connectivity index (χ4v) is 2.67. The standard InChI is InChI=1S/C12H22N4/c1-2-11-5-3-6-12(11)13-7-4-9-16-10-8-14-15-16/h8,10-13H,2-7,9H2,1H3. The monoisotopic (exact) mass is 222 g/mol. The van der Waals surface area contributed by atoms with Gasteiger partial charge >= 0.3 is 0 Å². The van der Waals surface area contributed by atoms with Crippen LogP contribution in [0, 0.1) is 5.92 Å². The molecule has 1 aromatic rings. The molecule has 0 aromatic carbocycles. The van der Waals surface area contributed by atoms with Crippen LogP contribution in [0.25, 0.3) is 0 Å². The molecule has 1 N–H and O–H groups in total. The smallest absolute Gasteiger partial charge is 0.0692 e. The summed E-state index contributed by atoms with van der Waals surface area (Å²) in [5.41, 5.74) is 0. The van der Waals surface area contributed by atoms with Gasteiger partial charge in [-0.1, -0.05) is 25.0 Å². The summed E-state index contributed by atoms with van der Waals surface area (Å²) in [5.74, 6) is 0.909. The van der Waals surface area contributed by atoms with E-state index >= 15 is 0 Å². The Morgan fingerprint density at radius 3 is 3.12 bits per heavy atom. The number of nitrogens with one attached hydrogen (secondary N) is 1. The summed E-state index contributed by atoms with van der Waals surface area (Å²) in [6.45, 7) is 4.37. The maximum absolute atomic E-state index is 3.96. The van der Waals surface area contributed by atoms with Crippen LogP contribution in [0.15, 0.2) is 12.4 Å². The van der Waals surface area contributed by atoms with Gasteiger partial charge in [-0.2, -0.15) is 0 Å². The Morgan fingerprint density at radius 1 is 1.44 bits per heavy atom. The molecule has 4 nitrogen and oxygen atoms in total. The van der Waals surface area contributed by atoms with Gasteiger partial charge in [-0.3, -0.25) is 4.68 Å². The summed E-state index contributed by atoms with van der Waals surface area (Å²) in [6, 6.07) is 0.765. The van der Waals surface area contributed by atoms with Crippen molar-refractivity contribution in [1.29, 1.82) is 0 Å². The average Bonchev–Trinajstić information content (AvgIpc) is 2.95. The highest BCUT2D eigenvalue weighted by Gasteiger charge is 2.24. The van der Waals surface area contributed by atoms with Gasteiger partial charge in [0.05, 0.1) is 6.20 Å².